The summed E-state index contributed by atoms with van der Waals surface area (Å²) < 4.78 is 15.7. The van der Waals surface area contributed by atoms with Crippen molar-refractivity contribution in [2.75, 3.05) is 19.8 Å². The molecule has 0 aliphatic rings. The van der Waals surface area contributed by atoms with E-state index in [0.29, 0.717) is 6.08 Å². The Morgan fingerprint density at radius 1 is 1.33 bits per heavy atom. The van der Waals surface area contributed by atoms with Crippen molar-refractivity contribution in [3.8, 4) is 5.88 Å². The first-order valence-corrected chi connectivity index (χ1v) is 9.10. The van der Waals surface area contributed by atoms with Crippen LogP contribution in [0.15, 0.2) is 17.7 Å². The Morgan fingerprint density at radius 2 is 2.04 bits per heavy atom. The molecule has 0 fully saturated rings. The zero-order chi connectivity index (χ0) is 20.4. The summed E-state index contributed by atoms with van der Waals surface area (Å²) in [5.74, 6) is -2.52. The zero-order valence-corrected chi connectivity index (χ0v) is 16.5. The van der Waals surface area contributed by atoms with Gasteiger partial charge >= 0.3 is 17.9 Å². The average Bonchev–Trinajstić information content (AvgIpc) is 3.03. The Kier molecular flexibility index (Phi) is 8.89. The fraction of sp³-hybridized carbons (Fsp3) is 0.529. The third-order valence-corrected chi connectivity index (χ3v) is 3.69. The van der Waals surface area contributed by atoms with Crippen LogP contribution in [-0.2, 0) is 19.1 Å². The lowest BCUT2D eigenvalue weighted by Crippen LogP contribution is -2.44. The van der Waals surface area contributed by atoms with Crippen molar-refractivity contribution in [3.63, 3.8) is 0 Å². The van der Waals surface area contributed by atoms with Crippen LogP contribution in [0.4, 0.5) is 0 Å². The lowest BCUT2D eigenvalue weighted by molar-refractivity contribution is -0.145. The average molecular weight is 400 g/mol. The fourth-order valence-electron chi connectivity index (χ4n) is 1.74. The van der Waals surface area contributed by atoms with Gasteiger partial charge in [0, 0.05) is 24.2 Å². The molecule has 0 aliphatic carbocycles. The third kappa shape index (κ3) is 9.15. The summed E-state index contributed by atoms with van der Waals surface area (Å²) in [4.78, 5) is 38.3. The summed E-state index contributed by atoms with van der Waals surface area (Å²) in [5.41, 5.74) is 1.21. The number of nitrogens with zero attached hydrogens (tertiary/aromatic N) is 1. The van der Waals surface area contributed by atoms with E-state index in [2.05, 4.69) is 10.3 Å². The summed E-state index contributed by atoms with van der Waals surface area (Å²) in [6.45, 7) is 7.92. The zero-order valence-electron chi connectivity index (χ0n) is 15.7. The highest BCUT2D eigenvalue weighted by molar-refractivity contribution is 7.12. The first kappa shape index (κ1) is 22.6. The summed E-state index contributed by atoms with van der Waals surface area (Å²) in [6, 6.07) is 0. The van der Waals surface area contributed by atoms with Gasteiger partial charge in [0.05, 0.1) is 12.1 Å². The number of carboxylic acids is 1. The van der Waals surface area contributed by atoms with Gasteiger partial charge in [-0.2, -0.15) is 0 Å². The summed E-state index contributed by atoms with van der Waals surface area (Å²) in [7, 11) is 0. The molecule has 1 rings (SSSR count). The van der Waals surface area contributed by atoms with Crippen LogP contribution in [0.3, 0.4) is 0 Å². The van der Waals surface area contributed by atoms with E-state index in [1.165, 1.54) is 5.51 Å². The van der Waals surface area contributed by atoms with E-state index in [0.717, 1.165) is 17.4 Å². The SMILES string of the molecule is CCOC(=O)c1scnc1OC[C@H](CNC(C)(C)C)OC(=O)/C=C\C(=O)O. The van der Waals surface area contributed by atoms with Gasteiger partial charge in [0.15, 0.2) is 4.88 Å². The Morgan fingerprint density at radius 3 is 2.63 bits per heavy atom. The van der Waals surface area contributed by atoms with E-state index in [1.807, 2.05) is 20.8 Å². The summed E-state index contributed by atoms with van der Waals surface area (Å²) >= 11 is 1.08. The molecule has 1 atom stereocenters. The first-order valence-electron chi connectivity index (χ1n) is 8.22. The van der Waals surface area contributed by atoms with Gasteiger partial charge in [-0.1, -0.05) is 0 Å². The van der Waals surface area contributed by atoms with Crippen molar-refractivity contribution in [1.82, 2.24) is 10.3 Å². The monoisotopic (exact) mass is 400 g/mol. The number of carbonyl (C=O) groups is 3. The van der Waals surface area contributed by atoms with Crippen LogP contribution >= 0.6 is 11.3 Å². The minimum atomic E-state index is -1.26. The fourth-order valence-corrected chi connectivity index (χ4v) is 2.36. The third-order valence-electron chi connectivity index (χ3n) is 2.91. The molecule has 150 valence electrons. The van der Waals surface area contributed by atoms with Crippen LogP contribution < -0.4 is 10.1 Å². The Labute approximate surface area is 161 Å². The maximum atomic E-state index is 11.9. The molecule has 2 N–H and O–H groups in total. The Hall–Kier alpha value is -2.46. The maximum absolute atomic E-state index is 11.9. The molecule has 0 saturated heterocycles. The highest BCUT2D eigenvalue weighted by atomic mass is 32.1. The van der Waals surface area contributed by atoms with Gasteiger partial charge in [0.2, 0.25) is 5.88 Å². The molecule has 9 nitrogen and oxygen atoms in total. The minimum absolute atomic E-state index is 0.0775. The molecule has 0 radical (unpaired) electrons. The molecule has 0 unspecified atom stereocenters. The minimum Gasteiger partial charge on any atom is -0.478 e. The molecule has 10 heteroatoms. The molecule has 0 aromatic carbocycles. The molecule has 0 amide bonds. The van der Waals surface area contributed by atoms with Crippen molar-refractivity contribution in [1.29, 1.82) is 0 Å². The smallest absolute Gasteiger partial charge is 0.353 e. The lowest BCUT2D eigenvalue weighted by atomic mass is 10.1. The standard InChI is InChI=1S/C17H24N2O7S/c1-5-24-16(23)14-15(18-10-27-14)25-9-11(8-19-17(2,3)4)26-13(22)7-6-12(20)21/h6-7,10-11,19H,5,8-9H2,1-4H3,(H,20,21)/b7-6-/t11-/m0/s1. The van der Waals surface area contributed by atoms with Crippen LogP contribution in [0.5, 0.6) is 5.88 Å². The number of nitrogens with one attached hydrogen (secondary N) is 1. The number of ether oxygens (including phenoxy) is 3. The van der Waals surface area contributed by atoms with E-state index in [1.54, 1.807) is 6.92 Å². The number of carbonyl (C=O) groups excluding carboxylic acids is 2. The van der Waals surface area contributed by atoms with Crippen LogP contribution in [0.2, 0.25) is 0 Å². The van der Waals surface area contributed by atoms with Crippen LogP contribution in [-0.4, -0.2) is 59.4 Å². The van der Waals surface area contributed by atoms with Gasteiger partial charge in [0.25, 0.3) is 0 Å². The van der Waals surface area contributed by atoms with E-state index >= 15 is 0 Å². The van der Waals surface area contributed by atoms with E-state index in [-0.39, 0.29) is 36.1 Å². The number of rotatable bonds is 10. The molecule has 0 spiro atoms. The molecule has 1 heterocycles. The molecule has 1 aromatic heterocycles. The summed E-state index contributed by atoms with van der Waals surface area (Å²) in [5, 5.41) is 11.8. The summed E-state index contributed by atoms with van der Waals surface area (Å²) in [6.07, 6.45) is 0.780. The number of carboxylic acid groups (broad SMARTS) is 1. The largest absolute Gasteiger partial charge is 0.478 e. The first-order chi connectivity index (χ1) is 12.6. The van der Waals surface area contributed by atoms with Crippen LogP contribution in [0.25, 0.3) is 0 Å². The van der Waals surface area contributed by atoms with Gasteiger partial charge in [-0.3, -0.25) is 0 Å². The normalized spacial score (nSPS) is 12.6. The van der Waals surface area contributed by atoms with Crippen molar-refractivity contribution < 1.29 is 33.7 Å². The molecule has 0 saturated carbocycles. The Bertz CT molecular complexity index is 679. The molecular weight excluding hydrogens is 376 g/mol. The Balaban J connectivity index is 2.76. The topological polar surface area (TPSA) is 124 Å². The molecule has 1 aromatic rings. The number of thiazole rings is 1. The van der Waals surface area contributed by atoms with Crippen LogP contribution in [0.1, 0.15) is 37.4 Å². The second-order valence-corrected chi connectivity index (χ2v) is 7.23. The molecule has 27 heavy (non-hydrogen) atoms. The van der Waals surface area contributed by atoms with Gasteiger partial charge < -0.3 is 24.6 Å². The van der Waals surface area contributed by atoms with Crippen molar-refractivity contribution in [3.05, 3.63) is 22.5 Å². The quantitative estimate of drug-likeness (QED) is 0.445. The predicted octanol–water partition coefficient (Wildman–Crippen LogP) is 1.64. The highest BCUT2D eigenvalue weighted by Gasteiger charge is 2.22. The molecular formula is C17H24N2O7S. The van der Waals surface area contributed by atoms with Crippen molar-refractivity contribution in [2.24, 2.45) is 0 Å². The number of aliphatic carboxylic acids is 1. The number of hydrogen-bond donors (Lipinski definition) is 2. The molecule has 0 bridgehead atoms. The number of hydrogen-bond acceptors (Lipinski definition) is 9. The maximum Gasteiger partial charge on any atom is 0.353 e. The highest BCUT2D eigenvalue weighted by Crippen LogP contribution is 2.22. The van der Waals surface area contributed by atoms with Gasteiger partial charge in [0.1, 0.15) is 12.7 Å². The van der Waals surface area contributed by atoms with Gasteiger partial charge in [-0.15, -0.1) is 11.3 Å². The van der Waals surface area contributed by atoms with Crippen molar-refractivity contribution >= 4 is 29.2 Å². The van der Waals surface area contributed by atoms with E-state index < -0.39 is 24.0 Å². The number of esters is 2. The van der Waals surface area contributed by atoms with E-state index in [4.69, 9.17) is 19.3 Å². The second kappa shape index (κ2) is 10.6. The van der Waals surface area contributed by atoms with E-state index in [9.17, 15) is 14.4 Å². The second-order valence-electron chi connectivity index (χ2n) is 6.38. The lowest BCUT2D eigenvalue weighted by Gasteiger charge is -2.25. The molecule has 0 aliphatic heterocycles. The number of aromatic nitrogens is 1. The van der Waals surface area contributed by atoms with Gasteiger partial charge in [-0.25, -0.2) is 19.4 Å². The van der Waals surface area contributed by atoms with Crippen molar-refractivity contribution in [2.45, 2.75) is 39.3 Å². The van der Waals surface area contributed by atoms with Crippen LogP contribution in [0, 0.1) is 0 Å². The van der Waals surface area contributed by atoms with Gasteiger partial charge in [-0.05, 0) is 27.7 Å². The predicted molar refractivity (Wildman–Crippen MR) is 98.0 cm³/mol.